The molecular weight excluding hydrogens is 320 g/mol. The Hall–Kier alpha value is -1.84. The minimum Gasteiger partial charge on any atom is -0.348 e. The Kier molecular flexibility index (Phi) is 5.28. The Labute approximate surface area is 157 Å². The van der Waals surface area contributed by atoms with Gasteiger partial charge in [-0.1, -0.05) is 49.4 Å². The molecule has 4 rings (SSSR count). The number of ether oxygens (including phenoxy) is 1. The number of likely N-dealkylation sites (tertiary alicyclic amines) is 1. The monoisotopic (exact) mass is 350 g/mol. The van der Waals surface area contributed by atoms with Crippen molar-refractivity contribution in [3.8, 4) is 0 Å². The van der Waals surface area contributed by atoms with E-state index in [0.29, 0.717) is 0 Å². The minimum atomic E-state index is -0.00481. The molecule has 2 aliphatic heterocycles. The van der Waals surface area contributed by atoms with E-state index >= 15 is 0 Å². The van der Waals surface area contributed by atoms with Crippen molar-refractivity contribution < 1.29 is 4.74 Å². The molecule has 2 aliphatic rings. The number of anilines is 1. The molecule has 0 bridgehead atoms. The summed E-state index contributed by atoms with van der Waals surface area (Å²) in [5.74, 6) is 0.823. The Morgan fingerprint density at radius 1 is 0.885 bits per heavy atom. The van der Waals surface area contributed by atoms with E-state index in [1.54, 1.807) is 0 Å². The average molecular weight is 351 g/mol. The van der Waals surface area contributed by atoms with Crippen LogP contribution in [0.5, 0.6) is 0 Å². The number of piperidine rings is 1. The number of para-hydroxylation sites is 1. The second-order valence-corrected chi connectivity index (χ2v) is 7.81. The Morgan fingerprint density at radius 3 is 2.23 bits per heavy atom. The highest BCUT2D eigenvalue weighted by Gasteiger charge is 2.30. The molecule has 3 nitrogen and oxygen atoms in total. The van der Waals surface area contributed by atoms with Crippen molar-refractivity contribution in [1.29, 1.82) is 0 Å². The predicted octanol–water partition coefficient (Wildman–Crippen LogP) is 4.45. The van der Waals surface area contributed by atoms with Crippen LogP contribution in [0.25, 0.3) is 0 Å². The maximum Gasteiger partial charge on any atom is 0.189 e. The zero-order valence-corrected chi connectivity index (χ0v) is 16.0. The van der Waals surface area contributed by atoms with Gasteiger partial charge in [0.05, 0.1) is 0 Å². The Morgan fingerprint density at radius 2 is 1.50 bits per heavy atom. The summed E-state index contributed by atoms with van der Waals surface area (Å²) in [5.41, 5.74) is 5.64. The summed E-state index contributed by atoms with van der Waals surface area (Å²) in [6.45, 7) is 5.48. The largest absolute Gasteiger partial charge is 0.348 e. The van der Waals surface area contributed by atoms with Crippen molar-refractivity contribution in [1.82, 2.24) is 4.90 Å². The minimum absolute atomic E-state index is 0.00481. The van der Waals surface area contributed by atoms with E-state index in [2.05, 4.69) is 65.3 Å². The molecule has 1 fully saturated rings. The van der Waals surface area contributed by atoms with E-state index in [9.17, 15) is 0 Å². The zero-order chi connectivity index (χ0) is 17.9. The Bertz CT molecular complexity index is 736. The third-order valence-electron chi connectivity index (χ3n) is 6.03. The number of fused-ring (bicyclic) bond motifs is 2. The van der Waals surface area contributed by atoms with Crippen molar-refractivity contribution in [2.24, 2.45) is 5.92 Å². The third kappa shape index (κ3) is 3.51. The summed E-state index contributed by atoms with van der Waals surface area (Å²) in [4.78, 5) is 4.99. The van der Waals surface area contributed by atoms with Gasteiger partial charge < -0.3 is 9.64 Å². The van der Waals surface area contributed by atoms with Crippen molar-refractivity contribution in [3.05, 3.63) is 65.2 Å². The van der Waals surface area contributed by atoms with Crippen LogP contribution in [0.1, 0.15) is 36.5 Å². The van der Waals surface area contributed by atoms with E-state index in [1.807, 2.05) is 7.11 Å². The normalized spacial score (nSPS) is 20.0. The van der Waals surface area contributed by atoms with Crippen LogP contribution in [0, 0.1) is 5.92 Å². The molecule has 0 radical (unpaired) electrons. The first-order chi connectivity index (χ1) is 12.8. The lowest BCUT2D eigenvalue weighted by molar-refractivity contribution is -0.0491. The fraction of sp³-hybridized carbons (Fsp3) is 0.478. The average Bonchev–Trinajstić information content (AvgIpc) is 2.67. The molecule has 2 aromatic rings. The number of rotatable bonds is 3. The topological polar surface area (TPSA) is 15.7 Å². The number of methoxy groups -OCH3 is 1. The van der Waals surface area contributed by atoms with Gasteiger partial charge >= 0.3 is 0 Å². The van der Waals surface area contributed by atoms with Crippen LogP contribution in [0.15, 0.2) is 48.5 Å². The summed E-state index contributed by atoms with van der Waals surface area (Å²) in [6, 6.07) is 17.8. The van der Waals surface area contributed by atoms with E-state index in [1.165, 1.54) is 35.2 Å². The molecule has 2 aromatic carbocycles. The molecule has 0 spiro atoms. The smallest absolute Gasteiger partial charge is 0.189 e. The van der Waals surface area contributed by atoms with Gasteiger partial charge in [-0.2, -0.15) is 0 Å². The first kappa shape index (κ1) is 17.6. The van der Waals surface area contributed by atoms with Gasteiger partial charge in [0.1, 0.15) is 0 Å². The molecule has 1 atom stereocenters. The van der Waals surface area contributed by atoms with Gasteiger partial charge in [0.25, 0.3) is 0 Å². The van der Waals surface area contributed by atoms with Crippen LogP contribution in [0.2, 0.25) is 0 Å². The molecule has 3 heteroatoms. The summed E-state index contributed by atoms with van der Waals surface area (Å²) in [7, 11) is 1.86. The summed E-state index contributed by atoms with van der Waals surface area (Å²) in [5, 5.41) is 0. The molecule has 2 heterocycles. The van der Waals surface area contributed by atoms with E-state index in [-0.39, 0.29) is 6.35 Å². The van der Waals surface area contributed by atoms with Gasteiger partial charge in [0.15, 0.2) is 6.35 Å². The molecule has 0 saturated carbocycles. The van der Waals surface area contributed by atoms with E-state index < -0.39 is 0 Å². The maximum absolute atomic E-state index is 6.08. The molecule has 1 saturated heterocycles. The maximum atomic E-state index is 6.08. The number of nitrogens with zero attached hydrogens (tertiary/aromatic N) is 2. The van der Waals surface area contributed by atoms with E-state index in [0.717, 1.165) is 38.4 Å². The molecule has 0 N–H and O–H groups in total. The number of hydrogen-bond acceptors (Lipinski definition) is 3. The van der Waals surface area contributed by atoms with Crippen LogP contribution in [-0.2, 0) is 24.1 Å². The lowest BCUT2D eigenvalue weighted by Crippen LogP contribution is -2.52. The molecule has 0 aromatic heterocycles. The van der Waals surface area contributed by atoms with Gasteiger partial charge in [-0.15, -0.1) is 0 Å². The zero-order valence-electron chi connectivity index (χ0n) is 16.0. The molecule has 0 amide bonds. The van der Waals surface area contributed by atoms with Crippen LogP contribution >= 0.6 is 0 Å². The molecule has 0 aliphatic carbocycles. The first-order valence-corrected chi connectivity index (χ1v) is 9.94. The summed E-state index contributed by atoms with van der Waals surface area (Å²) in [6.07, 6.45) is 4.70. The van der Waals surface area contributed by atoms with Crippen molar-refractivity contribution in [3.63, 3.8) is 0 Å². The quantitative estimate of drug-likeness (QED) is 0.813. The van der Waals surface area contributed by atoms with Crippen molar-refractivity contribution in [2.75, 3.05) is 25.1 Å². The molecule has 26 heavy (non-hydrogen) atoms. The van der Waals surface area contributed by atoms with Gasteiger partial charge in [0.2, 0.25) is 0 Å². The SMILES string of the molecule is COC(N1CCC(C)CC1)N1Cc2ccccc2CCc2ccccc21. The van der Waals surface area contributed by atoms with Gasteiger partial charge in [0, 0.05) is 32.4 Å². The highest BCUT2D eigenvalue weighted by atomic mass is 16.5. The fourth-order valence-corrected chi connectivity index (χ4v) is 4.42. The number of hydrogen-bond donors (Lipinski definition) is 0. The molecule has 138 valence electrons. The standard InChI is InChI=1S/C23H30N2O/c1-18-13-15-24(16-14-18)23(26-2)25-17-21-9-4-3-7-19(21)11-12-20-8-5-6-10-22(20)25/h3-10,18,23H,11-17H2,1-2H3. The third-order valence-corrected chi connectivity index (χ3v) is 6.03. The predicted molar refractivity (Wildman–Crippen MR) is 107 cm³/mol. The van der Waals surface area contributed by atoms with Crippen LogP contribution < -0.4 is 4.90 Å². The van der Waals surface area contributed by atoms with Crippen LogP contribution in [0.4, 0.5) is 5.69 Å². The highest BCUT2D eigenvalue weighted by Crippen LogP contribution is 2.32. The molecule has 1 unspecified atom stereocenters. The van der Waals surface area contributed by atoms with Crippen molar-refractivity contribution in [2.45, 2.75) is 45.5 Å². The summed E-state index contributed by atoms with van der Waals surface area (Å²) >= 11 is 0. The lowest BCUT2D eigenvalue weighted by atomic mass is 9.95. The highest BCUT2D eigenvalue weighted by molar-refractivity contribution is 5.56. The van der Waals surface area contributed by atoms with Crippen LogP contribution in [0.3, 0.4) is 0 Å². The van der Waals surface area contributed by atoms with E-state index in [4.69, 9.17) is 4.74 Å². The Balaban J connectivity index is 1.71. The molecular formula is C23H30N2O. The lowest BCUT2D eigenvalue weighted by Gasteiger charge is -2.43. The second-order valence-electron chi connectivity index (χ2n) is 7.81. The second kappa shape index (κ2) is 7.81. The van der Waals surface area contributed by atoms with Gasteiger partial charge in [-0.05, 0) is 54.4 Å². The number of benzene rings is 2. The first-order valence-electron chi connectivity index (χ1n) is 9.94. The summed E-state index contributed by atoms with van der Waals surface area (Å²) < 4.78 is 6.08. The fourth-order valence-electron chi connectivity index (χ4n) is 4.42. The van der Waals surface area contributed by atoms with Gasteiger partial charge in [-0.25, -0.2) is 0 Å². The number of aryl methyl sites for hydroxylation is 2. The van der Waals surface area contributed by atoms with Gasteiger partial charge in [-0.3, -0.25) is 4.90 Å². The van der Waals surface area contributed by atoms with Crippen LogP contribution in [-0.4, -0.2) is 31.5 Å². The van der Waals surface area contributed by atoms with Crippen molar-refractivity contribution >= 4 is 5.69 Å².